The highest BCUT2D eigenvalue weighted by atomic mass is 79.9. The average molecular weight is 304 g/mol. The fourth-order valence-corrected chi connectivity index (χ4v) is 1.95. The molecular formula is C13H10BrN3O. The fraction of sp³-hybridized carbons (Fsp3) is 0.0769. The zero-order valence-corrected chi connectivity index (χ0v) is 11.2. The number of nitriles is 1. The van der Waals surface area contributed by atoms with E-state index in [1.807, 2.05) is 30.3 Å². The van der Waals surface area contributed by atoms with Gasteiger partial charge in [0.2, 0.25) is 0 Å². The summed E-state index contributed by atoms with van der Waals surface area (Å²) in [6.07, 6.45) is 0. The standard InChI is InChI=1S/C13H10BrN3O/c1-17-12(16)6-10(11(7-15)13(17)18)8-2-4-9(14)5-3-8/h2-6H,16H2,1H3. The van der Waals surface area contributed by atoms with Crippen LogP contribution < -0.4 is 11.3 Å². The summed E-state index contributed by atoms with van der Waals surface area (Å²) in [4.78, 5) is 11.9. The van der Waals surface area contributed by atoms with E-state index in [0.717, 1.165) is 10.0 Å². The van der Waals surface area contributed by atoms with Crippen molar-refractivity contribution in [3.8, 4) is 17.2 Å². The lowest BCUT2D eigenvalue weighted by Crippen LogP contribution is -2.23. The minimum Gasteiger partial charge on any atom is -0.385 e. The molecule has 4 nitrogen and oxygen atoms in total. The van der Waals surface area contributed by atoms with Crippen LogP contribution in [0.1, 0.15) is 5.56 Å². The first kappa shape index (κ1) is 12.4. The molecule has 1 aromatic heterocycles. The molecule has 0 saturated carbocycles. The van der Waals surface area contributed by atoms with E-state index in [4.69, 9.17) is 11.0 Å². The minimum absolute atomic E-state index is 0.106. The lowest BCUT2D eigenvalue weighted by atomic mass is 10.0. The number of anilines is 1. The summed E-state index contributed by atoms with van der Waals surface area (Å²) in [7, 11) is 1.55. The van der Waals surface area contributed by atoms with Gasteiger partial charge < -0.3 is 5.73 Å². The average Bonchev–Trinajstić information content (AvgIpc) is 2.37. The fourth-order valence-electron chi connectivity index (χ4n) is 1.68. The first-order valence-corrected chi connectivity index (χ1v) is 5.99. The van der Waals surface area contributed by atoms with Gasteiger partial charge in [-0.25, -0.2) is 0 Å². The number of halogens is 1. The summed E-state index contributed by atoms with van der Waals surface area (Å²) >= 11 is 3.34. The number of hydrogen-bond acceptors (Lipinski definition) is 3. The number of aromatic nitrogens is 1. The normalized spacial score (nSPS) is 10.1. The summed E-state index contributed by atoms with van der Waals surface area (Å²) in [5.41, 5.74) is 6.83. The van der Waals surface area contributed by atoms with Crippen LogP contribution in [0.4, 0.5) is 5.82 Å². The smallest absolute Gasteiger partial charge is 0.270 e. The summed E-state index contributed by atoms with van der Waals surface area (Å²) in [6.45, 7) is 0. The van der Waals surface area contributed by atoms with E-state index in [0.29, 0.717) is 11.4 Å². The molecule has 5 heteroatoms. The molecule has 0 bridgehead atoms. The van der Waals surface area contributed by atoms with Crippen molar-refractivity contribution >= 4 is 21.7 Å². The van der Waals surface area contributed by atoms with Crippen molar-refractivity contribution in [1.29, 1.82) is 5.26 Å². The Morgan fingerprint density at radius 1 is 1.33 bits per heavy atom. The SMILES string of the molecule is Cn1c(N)cc(-c2ccc(Br)cc2)c(C#N)c1=O. The van der Waals surface area contributed by atoms with Crippen LogP contribution in [0.25, 0.3) is 11.1 Å². The Labute approximate surface area is 112 Å². The van der Waals surface area contributed by atoms with Gasteiger partial charge in [-0.05, 0) is 23.8 Å². The van der Waals surface area contributed by atoms with Gasteiger partial charge in [0.25, 0.3) is 5.56 Å². The third-order valence-corrected chi connectivity index (χ3v) is 3.26. The van der Waals surface area contributed by atoms with E-state index in [2.05, 4.69) is 15.9 Å². The number of benzene rings is 1. The van der Waals surface area contributed by atoms with Crippen LogP contribution in [0.15, 0.2) is 39.6 Å². The summed E-state index contributed by atoms with van der Waals surface area (Å²) < 4.78 is 2.20. The molecule has 1 aromatic carbocycles. The monoisotopic (exact) mass is 303 g/mol. The van der Waals surface area contributed by atoms with E-state index in [1.54, 1.807) is 13.1 Å². The van der Waals surface area contributed by atoms with Crippen LogP contribution in [0.2, 0.25) is 0 Å². The van der Waals surface area contributed by atoms with Gasteiger partial charge in [-0.2, -0.15) is 5.26 Å². The molecule has 0 saturated heterocycles. The van der Waals surface area contributed by atoms with Crippen molar-refractivity contribution < 1.29 is 0 Å². The second-order valence-corrected chi connectivity index (χ2v) is 4.76. The second-order valence-electron chi connectivity index (χ2n) is 3.84. The van der Waals surface area contributed by atoms with Crippen LogP contribution >= 0.6 is 15.9 Å². The Kier molecular flexibility index (Phi) is 3.21. The van der Waals surface area contributed by atoms with Gasteiger partial charge in [-0.1, -0.05) is 28.1 Å². The van der Waals surface area contributed by atoms with Gasteiger partial charge in [0.15, 0.2) is 0 Å². The number of nitrogens with two attached hydrogens (primary N) is 1. The molecule has 18 heavy (non-hydrogen) atoms. The van der Waals surface area contributed by atoms with Crippen LogP contribution in [-0.2, 0) is 7.05 Å². The molecule has 2 rings (SSSR count). The number of hydrogen-bond donors (Lipinski definition) is 1. The Hall–Kier alpha value is -2.06. The maximum atomic E-state index is 11.9. The first-order valence-electron chi connectivity index (χ1n) is 5.20. The molecule has 0 spiro atoms. The Bertz CT molecular complexity index is 696. The molecule has 0 amide bonds. The number of nitrogen functional groups attached to an aromatic ring is 1. The molecule has 0 aliphatic carbocycles. The molecule has 90 valence electrons. The van der Waals surface area contributed by atoms with Crippen molar-refractivity contribution in [3.63, 3.8) is 0 Å². The van der Waals surface area contributed by atoms with E-state index >= 15 is 0 Å². The Morgan fingerprint density at radius 3 is 2.50 bits per heavy atom. The molecule has 0 aliphatic heterocycles. The second kappa shape index (κ2) is 4.67. The Morgan fingerprint density at radius 2 is 1.94 bits per heavy atom. The van der Waals surface area contributed by atoms with Gasteiger partial charge in [0, 0.05) is 17.1 Å². The van der Waals surface area contributed by atoms with E-state index in [-0.39, 0.29) is 11.1 Å². The zero-order chi connectivity index (χ0) is 13.3. The number of rotatable bonds is 1. The lowest BCUT2D eigenvalue weighted by molar-refractivity contribution is 0.871. The van der Waals surface area contributed by atoms with Gasteiger partial charge in [0.05, 0.1) is 0 Å². The largest absolute Gasteiger partial charge is 0.385 e. The molecule has 0 fully saturated rings. The summed E-state index contributed by atoms with van der Waals surface area (Å²) in [6, 6.07) is 11.0. The maximum Gasteiger partial charge on any atom is 0.270 e. The molecule has 0 radical (unpaired) electrons. The molecule has 0 atom stereocenters. The van der Waals surface area contributed by atoms with E-state index < -0.39 is 0 Å². The third-order valence-electron chi connectivity index (χ3n) is 2.73. The third kappa shape index (κ3) is 2.03. The molecule has 2 aromatic rings. The molecule has 0 aliphatic rings. The molecule has 2 N–H and O–H groups in total. The van der Waals surface area contributed by atoms with Crippen LogP contribution in [0, 0.1) is 11.3 Å². The van der Waals surface area contributed by atoms with Crippen LogP contribution in [-0.4, -0.2) is 4.57 Å². The van der Waals surface area contributed by atoms with Gasteiger partial charge in [-0.15, -0.1) is 0 Å². The van der Waals surface area contributed by atoms with Crippen LogP contribution in [0.5, 0.6) is 0 Å². The highest BCUT2D eigenvalue weighted by Crippen LogP contribution is 2.24. The molecular weight excluding hydrogens is 294 g/mol. The lowest BCUT2D eigenvalue weighted by Gasteiger charge is -2.09. The van der Waals surface area contributed by atoms with Gasteiger partial charge >= 0.3 is 0 Å². The van der Waals surface area contributed by atoms with Crippen molar-refractivity contribution in [3.05, 3.63) is 50.7 Å². The first-order chi connectivity index (χ1) is 8.54. The zero-order valence-electron chi connectivity index (χ0n) is 9.64. The molecule has 0 unspecified atom stereocenters. The molecule has 1 heterocycles. The van der Waals surface area contributed by atoms with E-state index in [1.165, 1.54) is 4.57 Å². The predicted octanol–water partition coefficient (Wildman–Crippen LogP) is 2.27. The predicted molar refractivity (Wildman–Crippen MR) is 73.9 cm³/mol. The topological polar surface area (TPSA) is 71.8 Å². The number of pyridine rings is 1. The van der Waals surface area contributed by atoms with Crippen molar-refractivity contribution in [2.24, 2.45) is 7.05 Å². The summed E-state index contributed by atoms with van der Waals surface area (Å²) in [5, 5.41) is 9.12. The quantitative estimate of drug-likeness (QED) is 0.878. The van der Waals surface area contributed by atoms with Crippen LogP contribution in [0.3, 0.4) is 0 Å². The maximum absolute atomic E-state index is 11.9. The van der Waals surface area contributed by atoms with Crippen molar-refractivity contribution in [2.45, 2.75) is 0 Å². The van der Waals surface area contributed by atoms with E-state index in [9.17, 15) is 4.79 Å². The van der Waals surface area contributed by atoms with Gasteiger partial charge in [-0.3, -0.25) is 9.36 Å². The number of nitrogens with zero attached hydrogens (tertiary/aromatic N) is 2. The summed E-state index contributed by atoms with van der Waals surface area (Å²) in [5.74, 6) is 0.330. The van der Waals surface area contributed by atoms with Crippen molar-refractivity contribution in [2.75, 3.05) is 5.73 Å². The Balaban J connectivity index is 2.76. The van der Waals surface area contributed by atoms with Crippen molar-refractivity contribution in [1.82, 2.24) is 4.57 Å². The minimum atomic E-state index is -0.379. The van der Waals surface area contributed by atoms with Gasteiger partial charge in [0.1, 0.15) is 17.5 Å². The highest BCUT2D eigenvalue weighted by molar-refractivity contribution is 9.10. The highest BCUT2D eigenvalue weighted by Gasteiger charge is 2.12.